The smallest absolute Gasteiger partial charge is 0.0186 e. The summed E-state index contributed by atoms with van der Waals surface area (Å²) in [6.45, 7) is 11.4. The van der Waals surface area contributed by atoms with Crippen molar-refractivity contribution in [2.45, 2.75) is 119 Å². The van der Waals surface area contributed by atoms with Gasteiger partial charge in [-0.3, -0.25) is 4.44 Å². The lowest BCUT2D eigenvalue weighted by atomic mass is 10.0. The molecule has 6 heteroatoms. The lowest BCUT2D eigenvalue weighted by Crippen LogP contribution is -2.26. The second kappa shape index (κ2) is 20.9. The van der Waals surface area contributed by atoms with Crippen LogP contribution in [-0.4, -0.2) is 22.2 Å². The van der Waals surface area contributed by atoms with Crippen LogP contribution in [0.25, 0.3) is 0 Å². The molecular weight excluding hydrogens is 745 g/mol. The summed E-state index contributed by atoms with van der Waals surface area (Å²) in [5, 5.41) is 0. The summed E-state index contributed by atoms with van der Waals surface area (Å²) in [6.07, 6.45) is 7.77. The third-order valence-corrected chi connectivity index (χ3v) is 22.7. The van der Waals surface area contributed by atoms with Gasteiger partial charge in [0.2, 0.25) is 0 Å². The first-order chi connectivity index (χ1) is 26.7. The van der Waals surface area contributed by atoms with Gasteiger partial charge in [-0.1, -0.05) is 184 Å². The van der Waals surface area contributed by atoms with Gasteiger partial charge in [0.05, 0.1) is 0 Å². The van der Waals surface area contributed by atoms with E-state index in [0.717, 1.165) is 5.66 Å². The van der Waals surface area contributed by atoms with Crippen LogP contribution in [0.3, 0.4) is 0 Å². The van der Waals surface area contributed by atoms with Gasteiger partial charge in [-0.05, 0) is 108 Å². The molecule has 1 unspecified atom stereocenters. The van der Waals surface area contributed by atoms with E-state index in [1.807, 2.05) is 13.8 Å². The summed E-state index contributed by atoms with van der Waals surface area (Å²) < 4.78 is 3.11. The van der Waals surface area contributed by atoms with Crippen molar-refractivity contribution in [1.29, 1.82) is 0 Å². The van der Waals surface area contributed by atoms with E-state index in [-0.39, 0.29) is 16.1 Å². The average Bonchev–Trinajstić information content (AvgIpc) is 3.94. The lowest BCUT2D eigenvalue weighted by molar-refractivity contribution is 0.555. The van der Waals surface area contributed by atoms with Crippen molar-refractivity contribution in [1.82, 2.24) is 4.44 Å². The highest BCUT2D eigenvalue weighted by Gasteiger charge is 2.49. The van der Waals surface area contributed by atoms with Crippen LogP contribution in [0.2, 0.25) is 0 Å². The molecule has 0 amide bonds. The van der Waals surface area contributed by atoms with Gasteiger partial charge < -0.3 is 5.73 Å². The van der Waals surface area contributed by atoms with Crippen molar-refractivity contribution in [3.05, 3.63) is 179 Å². The van der Waals surface area contributed by atoms with E-state index in [9.17, 15) is 0 Å². The lowest BCUT2D eigenvalue weighted by Gasteiger charge is -2.47. The topological polar surface area (TPSA) is 29.3 Å². The van der Waals surface area contributed by atoms with Gasteiger partial charge in [0, 0.05) is 41.6 Å². The molecule has 55 heavy (non-hydrogen) atoms. The molecule has 3 heterocycles. The fourth-order valence-corrected chi connectivity index (χ4v) is 21.3. The van der Waals surface area contributed by atoms with E-state index < -0.39 is 7.27 Å². The Morgan fingerprint density at radius 2 is 0.709 bits per heavy atom. The fraction of sp³-hybridized carbons (Fsp3) is 0.388. The maximum Gasteiger partial charge on any atom is 0.0186 e. The van der Waals surface area contributed by atoms with Crippen LogP contribution >= 0.6 is 34.7 Å². The Hall–Kier alpha value is -2.40. The van der Waals surface area contributed by atoms with E-state index in [2.05, 4.69) is 177 Å². The summed E-state index contributed by atoms with van der Waals surface area (Å²) >= 11 is 6.78. The highest BCUT2D eigenvalue weighted by atomic mass is 35.7. The number of halogens is 1. The van der Waals surface area contributed by atoms with E-state index in [4.69, 9.17) is 17.0 Å². The highest BCUT2D eigenvalue weighted by Crippen LogP contribution is 2.82. The number of benzene rings is 5. The van der Waals surface area contributed by atoms with Gasteiger partial charge in [0.1, 0.15) is 0 Å². The zero-order chi connectivity index (χ0) is 38.7. The van der Waals surface area contributed by atoms with Crippen molar-refractivity contribution >= 4 is 34.7 Å². The van der Waals surface area contributed by atoms with Gasteiger partial charge in [-0.25, -0.2) is 0 Å². The number of nitrogens with two attached hydrogens (primary N) is 1. The van der Waals surface area contributed by atoms with Crippen LogP contribution in [0.4, 0.5) is 0 Å². The van der Waals surface area contributed by atoms with Gasteiger partial charge >= 0.3 is 0 Å². The SMILES string of the molecule is CC(C)N.CC(C)N(P1[C@H](C)CC[C@H]1c1ccccc1)P1[C@H](c2ccccc2)CC[C@H]1c1ccccc1.ClP1[C@H](c2ccccc2)CC[C@H]1c1ccccc1. The van der Waals surface area contributed by atoms with Gasteiger partial charge in [0.25, 0.3) is 0 Å². The summed E-state index contributed by atoms with van der Waals surface area (Å²) in [6, 6.07) is 56.7. The van der Waals surface area contributed by atoms with E-state index >= 15 is 0 Å². The molecule has 3 saturated heterocycles. The molecule has 290 valence electrons. The second-order valence-corrected chi connectivity index (χ2v) is 24.5. The van der Waals surface area contributed by atoms with Crippen LogP contribution in [0.5, 0.6) is 0 Å². The first-order valence-corrected chi connectivity index (χ1v) is 25.8. The maximum absolute atomic E-state index is 6.78. The Bertz CT molecular complexity index is 1710. The quantitative estimate of drug-likeness (QED) is 0.158. The zero-order valence-corrected chi connectivity index (χ0v) is 37.0. The number of nitrogens with zero attached hydrogens (tertiary/aromatic N) is 1. The first-order valence-electron chi connectivity index (χ1n) is 20.5. The molecule has 2 nitrogen and oxygen atoms in total. The molecule has 0 bridgehead atoms. The fourth-order valence-electron chi connectivity index (χ4n) is 8.78. The Kier molecular flexibility index (Phi) is 16.0. The molecule has 0 saturated carbocycles. The summed E-state index contributed by atoms with van der Waals surface area (Å²) in [7, 11) is -1.02. The minimum atomic E-state index is -0.472. The molecule has 5 aromatic rings. The number of hydrogen-bond acceptors (Lipinski definition) is 2. The summed E-state index contributed by atoms with van der Waals surface area (Å²) in [5.41, 5.74) is 16.6. The largest absolute Gasteiger partial charge is 0.328 e. The minimum absolute atomic E-state index is 0.232. The van der Waals surface area contributed by atoms with Crippen molar-refractivity contribution in [2.24, 2.45) is 5.73 Å². The van der Waals surface area contributed by atoms with Crippen LogP contribution < -0.4 is 5.73 Å². The van der Waals surface area contributed by atoms with Crippen LogP contribution in [-0.2, 0) is 0 Å². The molecule has 3 aliphatic heterocycles. The van der Waals surface area contributed by atoms with Gasteiger partial charge in [-0.2, -0.15) is 0 Å². The molecule has 0 spiro atoms. The summed E-state index contributed by atoms with van der Waals surface area (Å²) in [5.74, 6) is 0. The van der Waals surface area contributed by atoms with Crippen molar-refractivity contribution in [3.8, 4) is 0 Å². The molecule has 3 fully saturated rings. The van der Waals surface area contributed by atoms with Gasteiger partial charge in [0.15, 0.2) is 0 Å². The number of rotatable bonds is 8. The molecule has 3 aliphatic rings. The monoisotopic (exact) mass is 806 g/mol. The van der Waals surface area contributed by atoms with Crippen LogP contribution in [0, 0.1) is 0 Å². The molecule has 7 atom stereocenters. The molecule has 0 aliphatic carbocycles. The molecular formula is C49H62ClN2P3. The van der Waals surface area contributed by atoms with E-state index in [1.165, 1.54) is 49.7 Å². The molecule has 0 aromatic heterocycles. The Balaban J connectivity index is 0.000000196. The average molecular weight is 807 g/mol. The Labute approximate surface area is 341 Å². The first kappa shape index (κ1) is 42.2. The molecule has 0 radical (unpaired) electrons. The summed E-state index contributed by atoms with van der Waals surface area (Å²) in [4.78, 5) is 0. The Morgan fingerprint density at radius 3 is 1.02 bits per heavy atom. The zero-order valence-electron chi connectivity index (χ0n) is 33.5. The minimum Gasteiger partial charge on any atom is -0.328 e. The molecule has 8 rings (SSSR count). The van der Waals surface area contributed by atoms with Crippen molar-refractivity contribution in [2.75, 3.05) is 0 Å². The standard InChI is InChI=1S/C30H37NP2.C16H16ClP.C3H9N/c1-23(2)31(32-24(3)19-20-28(32)25-13-7-4-8-14-25)33-29(26-15-9-5-10-16-26)21-22-30(33)27-17-11-6-12-18-27;17-18-15(13-7-3-1-4-8-13)11-12-16(18)14-9-5-2-6-10-14;1-3(2)4/h4-18,23-24,28-30H,19-22H2,1-3H3;1-10,15-16H,11-12H2;3H,4H2,1-2H3/t24-,28+,29+,30+,32?;15-,16-;/m10./s1. The molecule has 5 aromatic carbocycles. The number of hydrogen-bond donors (Lipinski definition) is 1. The van der Waals surface area contributed by atoms with Gasteiger partial charge in [-0.15, -0.1) is 0 Å². The van der Waals surface area contributed by atoms with E-state index in [1.54, 1.807) is 16.7 Å². The van der Waals surface area contributed by atoms with Crippen molar-refractivity contribution in [3.63, 3.8) is 0 Å². The van der Waals surface area contributed by atoms with Crippen LogP contribution in [0.15, 0.2) is 152 Å². The molecule has 2 N–H and O–H groups in total. The van der Waals surface area contributed by atoms with Crippen molar-refractivity contribution < 1.29 is 0 Å². The predicted molar refractivity (Wildman–Crippen MR) is 246 cm³/mol. The van der Waals surface area contributed by atoms with E-state index in [0.29, 0.717) is 40.4 Å². The third kappa shape index (κ3) is 10.8. The highest BCUT2D eigenvalue weighted by molar-refractivity contribution is 7.84. The maximum atomic E-state index is 6.78. The Morgan fingerprint density at radius 1 is 0.455 bits per heavy atom. The normalized spacial score (nSPS) is 25.5. The predicted octanol–water partition coefficient (Wildman–Crippen LogP) is 15.9. The van der Waals surface area contributed by atoms with Crippen LogP contribution in [0.1, 0.15) is 129 Å². The third-order valence-electron chi connectivity index (χ3n) is 11.1. The second-order valence-electron chi connectivity index (χ2n) is 16.0.